The van der Waals surface area contributed by atoms with Gasteiger partial charge in [0.2, 0.25) is 0 Å². The van der Waals surface area contributed by atoms with Crippen LogP contribution in [0.3, 0.4) is 0 Å². The van der Waals surface area contributed by atoms with Crippen molar-refractivity contribution in [1.29, 1.82) is 0 Å². The maximum absolute atomic E-state index is 5.97. The van der Waals surface area contributed by atoms with E-state index in [-0.39, 0.29) is 6.04 Å². The number of rotatable bonds is 5. The topological polar surface area (TPSA) is 35.2 Å². The number of hydrogen-bond acceptors (Lipinski definition) is 3. The Kier molecular flexibility index (Phi) is 4.99. The quantitative estimate of drug-likeness (QED) is 0.783. The summed E-state index contributed by atoms with van der Waals surface area (Å²) in [4.78, 5) is 1.24. The second-order valence-electron chi connectivity index (χ2n) is 3.89. The van der Waals surface area contributed by atoms with Gasteiger partial charge in [0.1, 0.15) is 5.75 Å². The third kappa shape index (κ3) is 4.14. The fourth-order valence-electron chi connectivity index (χ4n) is 1.06. The Bertz CT molecular complexity index is 284. The standard InChI is InChI=1S/C12H19NOS/c1-9(2)12(13)8-15-11-6-4-10(14-3)5-7-11/h4-7,9,12H,8,13H2,1-3H3. The zero-order valence-corrected chi connectivity index (χ0v) is 10.4. The van der Waals surface area contributed by atoms with Crippen LogP contribution < -0.4 is 10.5 Å². The van der Waals surface area contributed by atoms with Crippen LogP contribution in [0.4, 0.5) is 0 Å². The molecule has 0 aliphatic carbocycles. The normalized spacial score (nSPS) is 12.9. The lowest BCUT2D eigenvalue weighted by molar-refractivity contribution is 0.414. The van der Waals surface area contributed by atoms with Crippen molar-refractivity contribution in [3.63, 3.8) is 0 Å². The van der Waals surface area contributed by atoms with E-state index >= 15 is 0 Å². The van der Waals surface area contributed by atoms with E-state index in [9.17, 15) is 0 Å². The molecule has 84 valence electrons. The number of hydrogen-bond donors (Lipinski definition) is 1. The minimum Gasteiger partial charge on any atom is -0.497 e. The van der Waals surface area contributed by atoms with Crippen molar-refractivity contribution in [1.82, 2.24) is 0 Å². The molecular weight excluding hydrogens is 206 g/mol. The van der Waals surface area contributed by atoms with Crippen LogP contribution in [0.25, 0.3) is 0 Å². The molecule has 0 aromatic heterocycles. The van der Waals surface area contributed by atoms with E-state index in [4.69, 9.17) is 10.5 Å². The second kappa shape index (κ2) is 6.03. The number of methoxy groups -OCH3 is 1. The van der Waals surface area contributed by atoms with Gasteiger partial charge in [-0.2, -0.15) is 0 Å². The first-order chi connectivity index (χ1) is 7.13. The lowest BCUT2D eigenvalue weighted by atomic mass is 10.1. The lowest BCUT2D eigenvalue weighted by Crippen LogP contribution is -2.28. The first-order valence-corrected chi connectivity index (χ1v) is 6.14. The number of ether oxygens (including phenoxy) is 1. The highest BCUT2D eigenvalue weighted by atomic mass is 32.2. The summed E-state index contributed by atoms with van der Waals surface area (Å²) in [6, 6.07) is 8.34. The van der Waals surface area contributed by atoms with Crippen molar-refractivity contribution in [3.8, 4) is 5.75 Å². The fraction of sp³-hybridized carbons (Fsp3) is 0.500. The van der Waals surface area contributed by atoms with Gasteiger partial charge in [-0.1, -0.05) is 13.8 Å². The largest absolute Gasteiger partial charge is 0.497 e. The molecule has 0 aliphatic rings. The molecule has 0 spiro atoms. The molecule has 0 saturated carbocycles. The molecule has 0 amide bonds. The molecule has 1 unspecified atom stereocenters. The molecule has 2 N–H and O–H groups in total. The van der Waals surface area contributed by atoms with Crippen LogP contribution in [-0.2, 0) is 0 Å². The summed E-state index contributed by atoms with van der Waals surface area (Å²) in [5.74, 6) is 2.40. The average molecular weight is 225 g/mol. The van der Waals surface area contributed by atoms with Gasteiger partial charge in [0, 0.05) is 16.7 Å². The van der Waals surface area contributed by atoms with Crippen LogP contribution in [0.1, 0.15) is 13.8 Å². The highest BCUT2D eigenvalue weighted by Crippen LogP contribution is 2.22. The van der Waals surface area contributed by atoms with Crippen molar-refractivity contribution < 1.29 is 4.74 Å². The van der Waals surface area contributed by atoms with Crippen LogP contribution in [0.5, 0.6) is 5.75 Å². The third-order valence-electron chi connectivity index (χ3n) is 2.36. The minimum atomic E-state index is 0.261. The molecule has 0 heterocycles. The molecule has 0 radical (unpaired) electrons. The molecule has 0 aliphatic heterocycles. The highest BCUT2D eigenvalue weighted by molar-refractivity contribution is 7.99. The summed E-state index contributed by atoms with van der Waals surface area (Å²) in [5.41, 5.74) is 5.97. The maximum Gasteiger partial charge on any atom is 0.118 e. The zero-order valence-electron chi connectivity index (χ0n) is 9.57. The summed E-state index contributed by atoms with van der Waals surface area (Å²) >= 11 is 1.80. The van der Waals surface area contributed by atoms with E-state index in [0.29, 0.717) is 5.92 Å². The van der Waals surface area contributed by atoms with Gasteiger partial charge in [-0.25, -0.2) is 0 Å². The monoisotopic (exact) mass is 225 g/mol. The number of nitrogens with two attached hydrogens (primary N) is 1. The molecule has 3 heteroatoms. The SMILES string of the molecule is COc1ccc(SCC(N)C(C)C)cc1. The van der Waals surface area contributed by atoms with Crippen molar-refractivity contribution in [2.24, 2.45) is 11.7 Å². The van der Waals surface area contributed by atoms with Gasteiger partial charge in [-0.15, -0.1) is 11.8 Å². The van der Waals surface area contributed by atoms with Crippen LogP contribution in [0.15, 0.2) is 29.2 Å². The summed E-state index contributed by atoms with van der Waals surface area (Å²) in [6.45, 7) is 4.30. The van der Waals surface area contributed by atoms with Gasteiger partial charge < -0.3 is 10.5 Å². The van der Waals surface area contributed by atoms with Gasteiger partial charge >= 0.3 is 0 Å². The van der Waals surface area contributed by atoms with Gasteiger partial charge in [0.15, 0.2) is 0 Å². The summed E-state index contributed by atoms with van der Waals surface area (Å²) in [5, 5.41) is 0. The molecule has 0 fully saturated rings. The van der Waals surface area contributed by atoms with E-state index in [1.165, 1.54) is 4.90 Å². The zero-order chi connectivity index (χ0) is 11.3. The van der Waals surface area contributed by atoms with Crippen molar-refractivity contribution in [2.45, 2.75) is 24.8 Å². The first-order valence-electron chi connectivity index (χ1n) is 5.16. The Morgan fingerprint density at radius 1 is 1.27 bits per heavy atom. The maximum atomic E-state index is 5.97. The molecule has 1 aromatic rings. The Labute approximate surface area is 96.2 Å². The number of benzene rings is 1. The van der Waals surface area contributed by atoms with Crippen LogP contribution >= 0.6 is 11.8 Å². The van der Waals surface area contributed by atoms with Crippen molar-refractivity contribution >= 4 is 11.8 Å². The summed E-state index contributed by atoms with van der Waals surface area (Å²) in [7, 11) is 1.68. The highest BCUT2D eigenvalue weighted by Gasteiger charge is 2.07. The van der Waals surface area contributed by atoms with E-state index in [0.717, 1.165) is 11.5 Å². The molecule has 2 nitrogen and oxygen atoms in total. The van der Waals surface area contributed by atoms with Gasteiger partial charge in [0.25, 0.3) is 0 Å². The molecule has 0 bridgehead atoms. The van der Waals surface area contributed by atoms with E-state index < -0.39 is 0 Å². The molecule has 1 aromatic carbocycles. The van der Waals surface area contributed by atoms with Crippen LogP contribution in [0, 0.1) is 5.92 Å². The Balaban J connectivity index is 2.44. The lowest BCUT2D eigenvalue weighted by Gasteiger charge is -2.14. The smallest absolute Gasteiger partial charge is 0.118 e. The van der Waals surface area contributed by atoms with Crippen LogP contribution in [-0.4, -0.2) is 18.9 Å². The average Bonchev–Trinajstić information content (AvgIpc) is 2.26. The summed E-state index contributed by atoms with van der Waals surface area (Å²) in [6.07, 6.45) is 0. The van der Waals surface area contributed by atoms with Gasteiger partial charge in [-0.3, -0.25) is 0 Å². The van der Waals surface area contributed by atoms with E-state index in [1.807, 2.05) is 12.1 Å². The molecule has 0 saturated heterocycles. The number of thioether (sulfide) groups is 1. The Morgan fingerprint density at radius 2 is 1.87 bits per heavy atom. The fourth-order valence-corrected chi connectivity index (χ4v) is 2.16. The molecule has 1 atom stereocenters. The molecular formula is C12H19NOS. The minimum absolute atomic E-state index is 0.261. The van der Waals surface area contributed by atoms with E-state index in [2.05, 4.69) is 26.0 Å². The van der Waals surface area contributed by atoms with Crippen LogP contribution in [0.2, 0.25) is 0 Å². The van der Waals surface area contributed by atoms with Crippen molar-refractivity contribution in [2.75, 3.05) is 12.9 Å². The Morgan fingerprint density at radius 3 is 2.33 bits per heavy atom. The van der Waals surface area contributed by atoms with E-state index in [1.54, 1.807) is 18.9 Å². The first kappa shape index (κ1) is 12.4. The predicted octanol–water partition coefficient (Wildman–Crippen LogP) is 2.77. The molecule has 1 rings (SSSR count). The second-order valence-corrected chi connectivity index (χ2v) is 4.99. The van der Waals surface area contributed by atoms with Gasteiger partial charge in [-0.05, 0) is 30.2 Å². The Hall–Kier alpha value is -0.670. The third-order valence-corrected chi connectivity index (χ3v) is 3.52. The van der Waals surface area contributed by atoms with Gasteiger partial charge in [0.05, 0.1) is 7.11 Å². The predicted molar refractivity (Wildman–Crippen MR) is 66.5 cm³/mol. The molecule has 15 heavy (non-hydrogen) atoms. The summed E-state index contributed by atoms with van der Waals surface area (Å²) < 4.78 is 5.10. The van der Waals surface area contributed by atoms with Crippen molar-refractivity contribution in [3.05, 3.63) is 24.3 Å².